The maximum Gasteiger partial charge on any atom is 0.279 e. The Morgan fingerprint density at radius 1 is 1.04 bits per heavy atom. The molecule has 24 heavy (non-hydrogen) atoms. The molecule has 1 aliphatic carbocycles. The van der Waals surface area contributed by atoms with Crippen LogP contribution in [-0.2, 0) is 12.8 Å². The summed E-state index contributed by atoms with van der Waals surface area (Å²) in [6.07, 6.45) is 5.56. The topological polar surface area (TPSA) is 58.2 Å². The molecule has 0 unspecified atom stereocenters. The summed E-state index contributed by atoms with van der Waals surface area (Å²) >= 11 is 1.49. The van der Waals surface area contributed by atoms with Crippen molar-refractivity contribution in [2.45, 2.75) is 39.0 Å². The Morgan fingerprint density at radius 3 is 2.58 bits per heavy atom. The van der Waals surface area contributed by atoms with Crippen LogP contribution in [0.15, 0.2) is 24.3 Å². The molecule has 0 spiro atoms. The molecule has 2 amide bonds. The number of hydrogen-bond acceptors (Lipinski definition) is 3. The average molecular weight is 346 g/mol. The van der Waals surface area contributed by atoms with E-state index < -0.39 is 11.7 Å². The molecule has 0 atom stereocenters. The molecule has 3 rings (SSSR count). The summed E-state index contributed by atoms with van der Waals surface area (Å²) in [7, 11) is 0. The number of benzene rings is 1. The highest BCUT2D eigenvalue weighted by Crippen LogP contribution is 2.28. The van der Waals surface area contributed by atoms with E-state index in [0.29, 0.717) is 10.4 Å². The van der Waals surface area contributed by atoms with Crippen LogP contribution < -0.4 is 10.9 Å². The number of carbonyl (C=O) groups excluding carboxylic acids is 2. The summed E-state index contributed by atoms with van der Waals surface area (Å²) in [5, 5.41) is 0. The van der Waals surface area contributed by atoms with Gasteiger partial charge in [-0.05, 0) is 61.9 Å². The molecule has 0 aliphatic heterocycles. The van der Waals surface area contributed by atoms with E-state index >= 15 is 0 Å². The van der Waals surface area contributed by atoms with Crippen molar-refractivity contribution in [2.75, 3.05) is 0 Å². The third kappa shape index (κ3) is 3.64. The molecule has 1 aromatic carbocycles. The van der Waals surface area contributed by atoms with Gasteiger partial charge < -0.3 is 0 Å². The highest BCUT2D eigenvalue weighted by molar-refractivity contribution is 7.14. The number of halogens is 1. The molecular weight excluding hydrogens is 327 g/mol. The van der Waals surface area contributed by atoms with Gasteiger partial charge in [-0.15, -0.1) is 11.3 Å². The molecule has 2 aromatic rings. The van der Waals surface area contributed by atoms with Crippen molar-refractivity contribution in [2.24, 2.45) is 0 Å². The lowest BCUT2D eigenvalue weighted by molar-refractivity contribution is 0.0848. The molecule has 0 saturated carbocycles. The van der Waals surface area contributed by atoms with Crippen LogP contribution in [0.5, 0.6) is 0 Å². The second kappa shape index (κ2) is 7.13. The highest BCUT2D eigenvalue weighted by Gasteiger charge is 2.17. The molecule has 2 N–H and O–H groups in total. The second-order valence-electron chi connectivity index (χ2n) is 5.99. The van der Waals surface area contributed by atoms with Gasteiger partial charge in [0.2, 0.25) is 0 Å². The molecule has 0 saturated heterocycles. The molecule has 0 bridgehead atoms. The van der Waals surface area contributed by atoms with Gasteiger partial charge in [0.05, 0.1) is 4.88 Å². The minimum atomic E-state index is -0.541. The molecule has 0 radical (unpaired) electrons. The largest absolute Gasteiger partial charge is 0.279 e. The lowest BCUT2D eigenvalue weighted by Crippen LogP contribution is -2.41. The molecule has 6 heteroatoms. The Morgan fingerprint density at radius 2 is 1.79 bits per heavy atom. The summed E-state index contributed by atoms with van der Waals surface area (Å²) < 4.78 is 13.5. The monoisotopic (exact) mass is 346 g/mol. The fraction of sp³-hybridized carbons (Fsp3) is 0.333. The van der Waals surface area contributed by atoms with Gasteiger partial charge in [0, 0.05) is 10.4 Å². The van der Waals surface area contributed by atoms with Crippen molar-refractivity contribution < 1.29 is 14.0 Å². The first kappa shape index (κ1) is 16.6. The van der Waals surface area contributed by atoms with Crippen molar-refractivity contribution >= 4 is 23.2 Å². The zero-order valence-corrected chi connectivity index (χ0v) is 14.3. The van der Waals surface area contributed by atoms with Crippen molar-refractivity contribution in [3.05, 3.63) is 56.5 Å². The summed E-state index contributed by atoms with van der Waals surface area (Å²) in [6.45, 7) is 1.62. The lowest BCUT2D eigenvalue weighted by Gasteiger charge is -2.07. The van der Waals surface area contributed by atoms with Gasteiger partial charge in [0.1, 0.15) is 5.82 Å². The molecule has 0 fully saturated rings. The number of amides is 2. The van der Waals surface area contributed by atoms with Gasteiger partial charge in [-0.25, -0.2) is 4.39 Å². The second-order valence-corrected chi connectivity index (χ2v) is 7.13. The smallest absolute Gasteiger partial charge is 0.267 e. The predicted octanol–water partition coefficient (Wildman–Crippen LogP) is 3.54. The van der Waals surface area contributed by atoms with E-state index in [-0.39, 0.29) is 11.5 Å². The summed E-state index contributed by atoms with van der Waals surface area (Å²) in [4.78, 5) is 26.1. The number of fused-ring (bicyclic) bond motifs is 1. The normalized spacial score (nSPS) is 13.8. The molecule has 126 valence electrons. The maximum absolute atomic E-state index is 13.5. The van der Waals surface area contributed by atoms with Gasteiger partial charge in [-0.2, -0.15) is 0 Å². The predicted molar refractivity (Wildman–Crippen MR) is 91.6 cm³/mol. The van der Waals surface area contributed by atoms with Crippen LogP contribution in [0.2, 0.25) is 0 Å². The van der Waals surface area contributed by atoms with Crippen molar-refractivity contribution in [3.63, 3.8) is 0 Å². The van der Waals surface area contributed by atoms with Gasteiger partial charge in [0.15, 0.2) is 0 Å². The van der Waals surface area contributed by atoms with E-state index in [1.807, 2.05) is 6.07 Å². The number of aryl methyl sites for hydroxylation is 3. The van der Waals surface area contributed by atoms with Crippen LogP contribution in [0.25, 0.3) is 0 Å². The van der Waals surface area contributed by atoms with Crippen LogP contribution in [-0.4, -0.2) is 11.8 Å². The summed E-state index contributed by atoms with van der Waals surface area (Å²) in [5.74, 6) is -1.33. The number of hydrazine groups is 1. The zero-order chi connectivity index (χ0) is 17.1. The number of hydrogen-bond donors (Lipinski definition) is 2. The Kier molecular flexibility index (Phi) is 4.94. The Balaban J connectivity index is 1.63. The summed E-state index contributed by atoms with van der Waals surface area (Å²) in [6, 6.07) is 6.12. The lowest BCUT2D eigenvalue weighted by atomic mass is 10.1. The third-order valence-corrected chi connectivity index (χ3v) is 5.43. The molecule has 4 nitrogen and oxygen atoms in total. The van der Waals surface area contributed by atoms with Gasteiger partial charge in [0.25, 0.3) is 11.8 Å². The van der Waals surface area contributed by atoms with Gasteiger partial charge in [-0.1, -0.05) is 12.5 Å². The van der Waals surface area contributed by atoms with E-state index in [2.05, 4.69) is 10.9 Å². The zero-order valence-electron chi connectivity index (χ0n) is 13.4. The molecular formula is C18H19FN2O2S. The maximum atomic E-state index is 13.5. The van der Waals surface area contributed by atoms with E-state index in [1.54, 1.807) is 6.92 Å². The number of thiophene rings is 1. The van der Waals surface area contributed by atoms with E-state index in [1.165, 1.54) is 40.3 Å². The number of nitrogens with one attached hydrogen (secondary N) is 2. The number of rotatable bonds is 2. The molecule has 1 heterocycles. The Bertz CT molecular complexity index is 762. The van der Waals surface area contributed by atoms with Crippen LogP contribution in [0, 0.1) is 12.7 Å². The number of carbonyl (C=O) groups is 2. The van der Waals surface area contributed by atoms with Crippen molar-refractivity contribution in [3.8, 4) is 0 Å². The average Bonchev–Trinajstić information content (AvgIpc) is 2.85. The van der Waals surface area contributed by atoms with E-state index in [9.17, 15) is 14.0 Å². The Labute approximate surface area is 144 Å². The van der Waals surface area contributed by atoms with Crippen LogP contribution >= 0.6 is 11.3 Å². The minimum Gasteiger partial charge on any atom is -0.267 e. The van der Waals surface area contributed by atoms with Gasteiger partial charge >= 0.3 is 0 Å². The summed E-state index contributed by atoms with van der Waals surface area (Å²) in [5.41, 5.74) is 6.62. The van der Waals surface area contributed by atoms with Crippen LogP contribution in [0.3, 0.4) is 0 Å². The first-order valence-corrected chi connectivity index (χ1v) is 8.84. The quantitative estimate of drug-likeness (QED) is 0.645. The SMILES string of the molecule is Cc1ccc(C(=O)NNC(=O)c2cc3c(s2)CCCCC3)cc1F. The Hall–Kier alpha value is -2.21. The van der Waals surface area contributed by atoms with Gasteiger partial charge in [-0.3, -0.25) is 20.4 Å². The molecule has 1 aliphatic rings. The molecule has 1 aromatic heterocycles. The van der Waals surface area contributed by atoms with E-state index in [4.69, 9.17) is 0 Å². The van der Waals surface area contributed by atoms with Crippen LogP contribution in [0.4, 0.5) is 4.39 Å². The first-order valence-electron chi connectivity index (χ1n) is 8.03. The van der Waals surface area contributed by atoms with E-state index in [0.717, 1.165) is 31.7 Å². The third-order valence-electron chi connectivity index (χ3n) is 4.19. The highest BCUT2D eigenvalue weighted by atomic mass is 32.1. The fourth-order valence-corrected chi connectivity index (χ4v) is 3.91. The van der Waals surface area contributed by atoms with Crippen LogP contribution in [0.1, 0.15) is 55.3 Å². The standard InChI is InChI=1S/C18H19FN2O2S/c1-11-7-8-13(9-14(11)19)17(22)20-21-18(23)16-10-12-5-3-2-4-6-15(12)24-16/h7-10H,2-6H2,1H3,(H,20,22)(H,21,23). The van der Waals surface area contributed by atoms with Crippen molar-refractivity contribution in [1.82, 2.24) is 10.9 Å². The fourth-order valence-electron chi connectivity index (χ4n) is 2.76. The first-order chi connectivity index (χ1) is 11.5. The minimum absolute atomic E-state index is 0.167. The van der Waals surface area contributed by atoms with Crippen molar-refractivity contribution in [1.29, 1.82) is 0 Å².